The van der Waals surface area contributed by atoms with E-state index in [1.54, 1.807) is 23.6 Å². The van der Waals surface area contributed by atoms with Crippen molar-refractivity contribution in [1.82, 2.24) is 24.4 Å². The molecule has 1 aliphatic carbocycles. The van der Waals surface area contributed by atoms with E-state index in [1.165, 1.54) is 24.4 Å². The average molecular weight is 705 g/mol. The fourth-order valence-corrected chi connectivity index (χ4v) is 8.39. The minimum atomic E-state index is -5.00. The summed E-state index contributed by atoms with van der Waals surface area (Å²) in [5, 5.41) is -1.43. The molecule has 0 spiro atoms. The monoisotopic (exact) mass is 704 g/mol. The molecule has 48 heavy (non-hydrogen) atoms. The molecule has 1 aliphatic heterocycles. The van der Waals surface area contributed by atoms with Crippen LogP contribution in [0.25, 0.3) is 28.0 Å². The first-order valence-electron chi connectivity index (χ1n) is 15.0. The van der Waals surface area contributed by atoms with E-state index in [0.717, 1.165) is 16.7 Å². The molecule has 1 aromatic carbocycles. The van der Waals surface area contributed by atoms with Crippen molar-refractivity contribution in [1.29, 1.82) is 0 Å². The third-order valence-corrected chi connectivity index (χ3v) is 11.3. The highest BCUT2D eigenvalue weighted by Crippen LogP contribution is 2.42. The third kappa shape index (κ3) is 5.62. The van der Waals surface area contributed by atoms with Gasteiger partial charge < -0.3 is 9.80 Å². The second-order valence-corrected chi connectivity index (χ2v) is 14.4. The second kappa shape index (κ2) is 12.3. The molecule has 4 heterocycles. The van der Waals surface area contributed by atoms with E-state index >= 15 is 4.39 Å². The summed E-state index contributed by atoms with van der Waals surface area (Å²) in [5.41, 5.74) is -4.07. The number of alkyl halides is 3. The highest BCUT2D eigenvalue weighted by molar-refractivity contribution is 7.92. The standard InChI is InChI=1S/C32H29ClF4N6O4S/c1-4-24(44)41-13-14-42(18(3)16-41)28-20-15-22(33)26(25-21(32(35,36)37)9-6-10-23(25)34)39-29(20)43(31(45)40-28)27-17(2)11-12-38-30(27)48(46,47)19-7-5-8-19/h4,6,9-12,15,18-19H,1,5,7-8,13-14,16H2,2-3H3/t18-/m0/s1. The summed E-state index contributed by atoms with van der Waals surface area (Å²) in [6.45, 7) is 7.52. The molecule has 0 N–H and O–H groups in total. The van der Waals surface area contributed by atoms with Crippen LogP contribution in [0.4, 0.5) is 23.4 Å². The summed E-state index contributed by atoms with van der Waals surface area (Å²) in [5.74, 6) is -1.49. The summed E-state index contributed by atoms with van der Waals surface area (Å²) in [7, 11) is -4.07. The maximum Gasteiger partial charge on any atom is 0.417 e. The van der Waals surface area contributed by atoms with E-state index in [9.17, 15) is 31.2 Å². The first-order valence-corrected chi connectivity index (χ1v) is 16.9. The van der Waals surface area contributed by atoms with Gasteiger partial charge in [-0.3, -0.25) is 4.79 Å². The lowest BCUT2D eigenvalue weighted by Crippen LogP contribution is -2.54. The molecular formula is C32H29ClF4N6O4S. The Morgan fingerprint density at radius 2 is 1.88 bits per heavy atom. The number of benzene rings is 1. The van der Waals surface area contributed by atoms with Crippen molar-refractivity contribution in [3.8, 4) is 16.9 Å². The fraction of sp³-hybridized carbons (Fsp3) is 0.344. The topological polar surface area (TPSA) is 118 Å². The Labute approximate surface area is 277 Å². The molecule has 252 valence electrons. The van der Waals surface area contributed by atoms with Crippen LogP contribution in [-0.2, 0) is 20.8 Å². The molecule has 1 atom stereocenters. The number of anilines is 1. The molecule has 1 amide bonds. The molecule has 3 aromatic heterocycles. The zero-order valence-corrected chi connectivity index (χ0v) is 27.3. The van der Waals surface area contributed by atoms with Gasteiger partial charge in [0.2, 0.25) is 15.7 Å². The molecular weight excluding hydrogens is 676 g/mol. The van der Waals surface area contributed by atoms with Crippen LogP contribution in [0.5, 0.6) is 0 Å². The largest absolute Gasteiger partial charge is 0.417 e. The van der Waals surface area contributed by atoms with Gasteiger partial charge in [0.15, 0.2) is 10.7 Å². The first kappa shape index (κ1) is 33.5. The third-order valence-electron chi connectivity index (χ3n) is 8.82. The summed E-state index contributed by atoms with van der Waals surface area (Å²) < 4.78 is 86.2. The maximum atomic E-state index is 15.3. The van der Waals surface area contributed by atoms with Crippen LogP contribution in [-0.4, -0.2) is 69.7 Å². The maximum absolute atomic E-state index is 15.3. The summed E-state index contributed by atoms with van der Waals surface area (Å²) >= 11 is 6.60. The fourth-order valence-electron chi connectivity index (χ4n) is 6.15. The Kier molecular flexibility index (Phi) is 8.56. The second-order valence-electron chi connectivity index (χ2n) is 11.8. The van der Waals surface area contributed by atoms with Crippen LogP contribution >= 0.6 is 11.6 Å². The van der Waals surface area contributed by atoms with E-state index in [-0.39, 0.29) is 53.1 Å². The smallest absolute Gasteiger partial charge is 0.350 e. The van der Waals surface area contributed by atoms with Gasteiger partial charge in [0.25, 0.3) is 0 Å². The number of hydrogen-bond acceptors (Lipinski definition) is 8. The number of pyridine rings is 2. The number of sulfone groups is 1. The van der Waals surface area contributed by atoms with Crippen molar-refractivity contribution in [2.75, 3.05) is 24.5 Å². The molecule has 0 bridgehead atoms. The lowest BCUT2D eigenvalue weighted by molar-refractivity contribution is -0.137. The van der Waals surface area contributed by atoms with Crippen LogP contribution in [0.1, 0.15) is 37.3 Å². The highest BCUT2D eigenvalue weighted by atomic mass is 35.5. The molecule has 10 nitrogen and oxygen atoms in total. The van der Waals surface area contributed by atoms with Crippen LogP contribution in [0.3, 0.4) is 0 Å². The van der Waals surface area contributed by atoms with Crippen molar-refractivity contribution in [3.05, 3.63) is 81.6 Å². The molecule has 1 saturated carbocycles. The van der Waals surface area contributed by atoms with Crippen LogP contribution in [0, 0.1) is 12.7 Å². The van der Waals surface area contributed by atoms with Crippen molar-refractivity contribution in [3.63, 3.8) is 0 Å². The number of aromatic nitrogens is 4. The van der Waals surface area contributed by atoms with Crippen molar-refractivity contribution in [2.24, 2.45) is 0 Å². The normalized spacial score (nSPS) is 17.4. The number of piperazine rings is 1. The lowest BCUT2D eigenvalue weighted by atomic mass is 10.00. The van der Waals surface area contributed by atoms with Gasteiger partial charge in [-0.2, -0.15) is 18.2 Å². The number of halogens is 5. The lowest BCUT2D eigenvalue weighted by Gasteiger charge is -2.40. The predicted octanol–water partition coefficient (Wildman–Crippen LogP) is 5.51. The van der Waals surface area contributed by atoms with Crippen molar-refractivity contribution >= 4 is 44.2 Å². The number of amides is 1. The number of carbonyl (C=O) groups is 1. The number of rotatable bonds is 6. The summed E-state index contributed by atoms with van der Waals surface area (Å²) in [6.07, 6.45) is -1.03. The quantitative estimate of drug-likeness (QED) is 0.191. The van der Waals surface area contributed by atoms with Gasteiger partial charge in [0.1, 0.15) is 11.6 Å². The van der Waals surface area contributed by atoms with Crippen LogP contribution in [0.15, 0.2) is 59.0 Å². The van der Waals surface area contributed by atoms with E-state index in [4.69, 9.17) is 11.6 Å². The molecule has 6 rings (SSSR count). The Morgan fingerprint density at radius 3 is 2.50 bits per heavy atom. The molecule has 1 saturated heterocycles. The van der Waals surface area contributed by atoms with Crippen molar-refractivity contribution < 1.29 is 30.8 Å². The molecule has 2 aliphatic rings. The van der Waals surface area contributed by atoms with Gasteiger partial charge in [-0.1, -0.05) is 30.7 Å². The predicted molar refractivity (Wildman–Crippen MR) is 171 cm³/mol. The minimum Gasteiger partial charge on any atom is -0.350 e. The van der Waals surface area contributed by atoms with E-state index < -0.39 is 60.7 Å². The number of carbonyl (C=O) groups excluding carboxylic acids is 1. The Hall–Kier alpha value is -4.37. The summed E-state index contributed by atoms with van der Waals surface area (Å²) in [4.78, 5) is 42.7. The number of hydrogen-bond donors (Lipinski definition) is 0. The Balaban J connectivity index is 1.68. The molecule has 0 unspecified atom stereocenters. The molecule has 16 heteroatoms. The summed E-state index contributed by atoms with van der Waals surface area (Å²) in [6, 6.07) is 4.73. The Bertz CT molecular complexity index is 2150. The van der Waals surface area contributed by atoms with Gasteiger partial charge in [-0.05, 0) is 62.6 Å². The first-order chi connectivity index (χ1) is 22.6. The molecule has 2 fully saturated rings. The highest BCUT2D eigenvalue weighted by Gasteiger charge is 2.39. The van der Waals surface area contributed by atoms with E-state index in [2.05, 4.69) is 21.5 Å². The van der Waals surface area contributed by atoms with Gasteiger partial charge in [-0.25, -0.2) is 32.1 Å². The van der Waals surface area contributed by atoms with Gasteiger partial charge in [0, 0.05) is 37.4 Å². The number of fused-ring (bicyclic) bond motifs is 1. The number of aryl methyl sites for hydroxylation is 1. The molecule has 0 radical (unpaired) electrons. The molecule has 4 aromatic rings. The zero-order valence-electron chi connectivity index (χ0n) is 25.8. The van der Waals surface area contributed by atoms with Crippen LogP contribution in [0.2, 0.25) is 5.02 Å². The Morgan fingerprint density at radius 1 is 1.15 bits per heavy atom. The van der Waals surface area contributed by atoms with E-state index in [0.29, 0.717) is 30.9 Å². The average Bonchev–Trinajstić information content (AvgIpc) is 2.99. The van der Waals surface area contributed by atoms with E-state index in [1.807, 2.05) is 0 Å². The van der Waals surface area contributed by atoms with Crippen molar-refractivity contribution in [2.45, 2.75) is 55.6 Å². The zero-order chi connectivity index (χ0) is 34.7. The minimum absolute atomic E-state index is 0.0555. The SMILES string of the molecule is C=CC(=O)N1CCN(c2nc(=O)n(-c3c(C)ccnc3S(=O)(=O)C3CCC3)c3nc(-c4c(F)cccc4C(F)(F)F)c(Cl)cc23)[C@@H](C)C1. The number of nitrogens with zero attached hydrogens (tertiary/aromatic N) is 6. The van der Waals surface area contributed by atoms with Gasteiger partial charge >= 0.3 is 11.9 Å². The van der Waals surface area contributed by atoms with Crippen LogP contribution < -0.4 is 10.6 Å². The van der Waals surface area contributed by atoms with Gasteiger partial charge in [0.05, 0.1) is 32.6 Å². The van der Waals surface area contributed by atoms with Gasteiger partial charge in [-0.15, -0.1) is 0 Å².